The van der Waals surface area contributed by atoms with Crippen molar-refractivity contribution in [3.8, 4) is 0 Å². The van der Waals surface area contributed by atoms with Gasteiger partial charge >= 0.3 is 0 Å². The van der Waals surface area contributed by atoms with Crippen molar-refractivity contribution in [1.29, 1.82) is 0 Å². The number of carbonyl (C=O) groups is 2. The maximum Gasteiger partial charge on any atom is 0.238 e. The number of Topliss-reactive ketones (excluding diaryl/α,β-unsaturated/α-hetero) is 1. The Balaban J connectivity index is 2.94. The molecule has 0 aliphatic heterocycles. The van der Waals surface area contributed by atoms with E-state index >= 15 is 0 Å². The first kappa shape index (κ1) is 14.8. The van der Waals surface area contributed by atoms with E-state index in [1.165, 1.54) is 25.1 Å². The second kappa shape index (κ2) is 5.59. The van der Waals surface area contributed by atoms with E-state index in [-0.39, 0.29) is 17.1 Å². The number of halogens is 1. The third kappa shape index (κ3) is 4.21. The zero-order chi connectivity index (χ0) is 13.9. The van der Waals surface area contributed by atoms with E-state index in [9.17, 15) is 18.0 Å². The number of ketones is 1. The third-order valence-electron chi connectivity index (χ3n) is 1.95. The fourth-order valence-electron chi connectivity index (χ4n) is 1.19. The van der Waals surface area contributed by atoms with E-state index in [1.807, 2.05) is 0 Å². The van der Waals surface area contributed by atoms with Gasteiger partial charge < -0.3 is 5.32 Å². The van der Waals surface area contributed by atoms with Crippen molar-refractivity contribution in [2.75, 3.05) is 5.32 Å². The molecule has 1 aromatic carbocycles. The van der Waals surface area contributed by atoms with E-state index in [2.05, 4.69) is 21.2 Å². The molecule has 0 atom stereocenters. The second-order valence-electron chi connectivity index (χ2n) is 3.61. The summed E-state index contributed by atoms with van der Waals surface area (Å²) in [4.78, 5) is 22.0. The average Bonchev–Trinajstić information content (AvgIpc) is 2.18. The molecule has 0 fully saturated rings. The first-order valence-corrected chi connectivity index (χ1v) is 7.15. The lowest BCUT2D eigenvalue weighted by Gasteiger charge is -2.07. The SMILES string of the molecule is CC(=O)CC(=O)Nc1ccc(S(N)(=O)=O)cc1Br. The molecule has 3 N–H and O–H groups in total. The van der Waals surface area contributed by atoms with Crippen molar-refractivity contribution in [2.24, 2.45) is 5.14 Å². The number of carbonyl (C=O) groups excluding carboxylic acids is 2. The smallest absolute Gasteiger partial charge is 0.238 e. The van der Waals surface area contributed by atoms with Crippen molar-refractivity contribution in [2.45, 2.75) is 18.2 Å². The molecule has 0 bridgehead atoms. The molecule has 0 unspecified atom stereocenters. The van der Waals surface area contributed by atoms with Crippen LogP contribution in [0.2, 0.25) is 0 Å². The number of nitrogens with two attached hydrogens (primary N) is 1. The van der Waals surface area contributed by atoms with Crippen LogP contribution >= 0.6 is 15.9 Å². The third-order valence-corrected chi connectivity index (χ3v) is 3.52. The predicted octanol–water partition coefficient (Wildman–Crippen LogP) is 1.01. The quantitative estimate of drug-likeness (QED) is 0.801. The zero-order valence-corrected chi connectivity index (χ0v) is 11.8. The monoisotopic (exact) mass is 334 g/mol. The number of hydrogen-bond donors (Lipinski definition) is 2. The molecule has 0 aliphatic rings. The van der Waals surface area contributed by atoms with E-state index < -0.39 is 15.9 Å². The first-order chi connectivity index (χ1) is 8.20. The van der Waals surface area contributed by atoms with Crippen LogP contribution in [0.5, 0.6) is 0 Å². The molecule has 0 aromatic heterocycles. The Morgan fingerprint density at radius 1 is 1.39 bits per heavy atom. The maximum atomic E-state index is 11.4. The molecule has 6 nitrogen and oxygen atoms in total. The van der Waals surface area contributed by atoms with Crippen LogP contribution in [0, 0.1) is 0 Å². The number of amides is 1. The number of hydrogen-bond acceptors (Lipinski definition) is 4. The highest BCUT2D eigenvalue weighted by Crippen LogP contribution is 2.25. The topological polar surface area (TPSA) is 106 Å². The molecule has 18 heavy (non-hydrogen) atoms. The summed E-state index contributed by atoms with van der Waals surface area (Å²) in [6.45, 7) is 1.30. The van der Waals surface area contributed by atoms with Gasteiger partial charge in [0.1, 0.15) is 5.78 Å². The lowest BCUT2D eigenvalue weighted by Crippen LogP contribution is -2.16. The Morgan fingerprint density at radius 2 is 2.00 bits per heavy atom. The molecule has 0 spiro atoms. The highest BCUT2D eigenvalue weighted by molar-refractivity contribution is 9.10. The van der Waals surface area contributed by atoms with Gasteiger partial charge in [-0.1, -0.05) is 0 Å². The molecule has 0 saturated carbocycles. The summed E-state index contributed by atoms with van der Waals surface area (Å²) in [5, 5.41) is 7.44. The van der Waals surface area contributed by atoms with Crippen LogP contribution in [0.1, 0.15) is 13.3 Å². The molecule has 0 saturated heterocycles. The van der Waals surface area contributed by atoms with E-state index in [0.717, 1.165) is 0 Å². The lowest BCUT2D eigenvalue weighted by molar-refractivity contribution is -0.124. The van der Waals surface area contributed by atoms with Gasteiger partial charge in [0.2, 0.25) is 15.9 Å². The summed E-state index contributed by atoms with van der Waals surface area (Å²) < 4.78 is 22.5. The molecule has 98 valence electrons. The summed E-state index contributed by atoms with van der Waals surface area (Å²) in [5.74, 6) is -0.726. The number of rotatable bonds is 4. The van der Waals surface area contributed by atoms with Crippen LogP contribution in [0.25, 0.3) is 0 Å². The zero-order valence-electron chi connectivity index (χ0n) is 9.44. The predicted molar refractivity (Wildman–Crippen MR) is 69.4 cm³/mol. The van der Waals surface area contributed by atoms with Crippen molar-refractivity contribution < 1.29 is 18.0 Å². The maximum absolute atomic E-state index is 11.4. The molecule has 1 amide bonds. The van der Waals surface area contributed by atoms with E-state index in [4.69, 9.17) is 5.14 Å². The number of nitrogens with one attached hydrogen (secondary N) is 1. The van der Waals surface area contributed by atoms with Crippen LogP contribution in [0.15, 0.2) is 27.6 Å². The summed E-state index contributed by atoms with van der Waals surface area (Å²) in [7, 11) is -3.79. The van der Waals surface area contributed by atoms with Crippen LogP contribution < -0.4 is 10.5 Å². The highest BCUT2D eigenvalue weighted by Gasteiger charge is 2.12. The molecule has 0 aliphatic carbocycles. The standard InChI is InChI=1S/C10H11BrN2O4S/c1-6(14)4-10(15)13-9-3-2-7(5-8(9)11)18(12,16)17/h2-3,5H,4H2,1H3,(H,13,15)(H2,12,16,17). The van der Waals surface area contributed by atoms with Gasteiger partial charge in [-0.05, 0) is 41.1 Å². The van der Waals surface area contributed by atoms with Crippen molar-refractivity contribution in [1.82, 2.24) is 0 Å². The fourth-order valence-corrected chi connectivity index (χ4v) is 2.36. The van der Waals surface area contributed by atoms with Crippen molar-refractivity contribution in [3.05, 3.63) is 22.7 Å². The Bertz CT molecular complexity index is 598. The van der Waals surface area contributed by atoms with Gasteiger partial charge in [-0.3, -0.25) is 9.59 Å². The minimum absolute atomic E-state index is 0.0704. The summed E-state index contributed by atoms with van der Waals surface area (Å²) in [6, 6.07) is 3.93. The molecule has 1 rings (SSSR count). The second-order valence-corrected chi connectivity index (χ2v) is 6.03. The van der Waals surface area contributed by atoms with Crippen LogP contribution in [-0.2, 0) is 19.6 Å². The van der Waals surface area contributed by atoms with Crippen LogP contribution in [-0.4, -0.2) is 20.1 Å². The van der Waals surface area contributed by atoms with Crippen molar-refractivity contribution in [3.63, 3.8) is 0 Å². The summed E-state index contributed by atoms with van der Waals surface area (Å²) in [5.41, 5.74) is 0.369. The molecular formula is C10H11BrN2O4S. The minimum Gasteiger partial charge on any atom is -0.325 e. The highest BCUT2D eigenvalue weighted by atomic mass is 79.9. The summed E-state index contributed by atoms with van der Waals surface area (Å²) in [6.07, 6.45) is -0.233. The average molecular weight is 335 g/mol. The van der Waals surface area contributed by atoms with Gasteiger partial charge in [0.15, 0.2) is 0 Å². The van der Waals surface area contributed by atoms with E-state index in [0.29, 0.717) is 10.2 Å². The van der Waals surface area contributed by atoms with Crippen LogP contribution in [0.4, 0.5) is 5.69 Å². The Labute approximate surface area is 113 Å². The lowest BCUT2D eigenvalue weighted by atomic mass is 10.2. The largest absolute Gasteiger partial charge is 0.325 e. The normalized spacial score (nSPS) is 11.1. The Kier molecular flexibility index (Phi) is 4.60. The molecular weight excluding hydrogens is 324 g/mol. The van der Waals surface area contributed by atoms with Crippen LogP contribution in [0.3, 0.4) is 0 Å². The van der Waals surface area contributed by atoms with Crippen molar-refractivity contribution >= 4 is 43.3 Å². The summed E-state index contributed by atoms with van der Waals surface area (Å²) >= 11 is 3.11. The number of sulfonamides is 1. The van der Waals surface area contributed by atoms with Gasteiger partial charge in [-0.25, -0.2) is 13.6 Å². The first-order valence-electron chi connectivity index (χ1n) is 4.82. The number of primary sulfonamides is 1. The van der Waals surface area contributed by atoms with E-state index in [1.54, 1.807) is 0 Å². The number of anilines is 1. The van der Waals surface area contributed by atoms with Gasteiger partial charge in [-0.2, -0.15) is 0 Å². The molecule has 0 heterocycles. The van der Waals surface area contributed by atoms with Gasteiger partial charge in [-0.15, -0.1) is 0 Å². The van der Waals surface area contributed by atoms with Gasteiger partial charge in [0.05, 0.1) is 17.0 Å². The van der Waals surface area contributed by atoms with Gasteiger partial charge in [0, 0.05) is 4.47 Å². The minimum atomic E-state index is -3.79. The number of benzene rings is 1. The Hall–Kier alpha value is -1.25. The molecule has 1 aromatic rings. The molecule has 8 heteroatoms. The Morgan fingerprint density at radius 3 is 2.44 bits per heavy atom. The van der Waals surface area contributed by atoms with Gasteiger partial charge in [0.25, 0.3) is 0 Å². The molecule has 0 radical (unpaired) electrons. The fraction of sp³-hybridized carbons (Fsp3) is 0.200.